The molecule has 7 aliphatic rings. The van der Waals surface area contributed by atoms with Gasteiger partial charge in [0, 0.05) is 17.4 Å². The second kappa shape index (κ2) is 9.54. The van der Waals surface area contributed by atoms with Crippen LogP contribution >= 0.6 is 0 Å². The lowest BCUT2D eigenvalue weighted by Crippen LogP contribution is -2.77. The average Bonchev–Trinajstić information content (AvgIpc) is 3.45. The molecule has 2 heterocycles. The Hall–Kier alpha value is -2.92. The molecule has 9 atom stereocenters. The maximum atomic E-state index is 14.8. The Balaban J connectivity index is 1.43. The molecule has 5 nitrogen and oxygen atoms in total. The van der Waals surface area contributed by atoms with E-state index in [9.17, 15) is 9.59 Å². The standard InChI is InChI=1S/C38H45NO4/c1-4-5-14-31-36-18-17-27-26-12-6-9-23(3)28(26)21-25-16-15-22(2)20-30(37(36,33(25)27)35(41)42-31)38(36)29-13-7-10-24(11-8-19-39)32(29)34(40)43-38/h6-7,10,12-16,22-23,25-26,28,30H,4-5,8-9,11,17-21,39H2,1-3H3/t22-,23-,25+,26+,28-,30-,36+,37+,38-/m0/s1. The van der Waals surface area contributed by atoms with Crippen LogP contribution in [0.2, 0.25) is 0 Å². The van der Waals surface area contributed by atoms with E-state index in [1.54, 1.807) is 0 Å². The Morgan fingerprint density at radius 3 is 2.79 bits per heavy atom. The minimum absolute atomic E-state index is 0.0970. The quantitative estimate of drug-likeness (QED) is 0.292. The lowest BCUT2D eigenvalue weighted by atomic mass is 9.27. The molecule has 2 aliphatic heterocycles. The summed E-state index contributed by atoms with van der Waals surface area (Å²) >= 11 is 0. The molecule has 5 aliphatic carbocycles. The van der Waals surface area contributed by atoms with Crippen LogP contribution in [0.15, 0.2) is 65.5 Å². The molecule has 0 aromatic heterocycles. The number of unbranched alkanes of at least 4 members (excludes halogenated alkanes) is 1. The highest BCUT2D eigenvalue weighted by molar-refractivity contribution is 6.00. The van der Waals surface area contributed by atoms with E-state index >= 15 is 0 Å². The molecule has 2 N–H and O–H groups in total. The predicted molar refractivity (Wildman–Crippen MR) is 166 cm³/mol. The number of esters is 2. The topological polar surface area (TPSA) is 78.6 Å². The van der Waals surface area contributed by atoms with Crippen molar-refractivity contribution in [3.63, 3.8) is 0 Å². The number of nitrogens with two attached hydrogens (primary N) is 1. The van der Waals surface area contributed by atoms with Gasteiger partial charge in [-0.2, -0.15) is 0 Å². The van der Waals surface area contributed by atoms with Crippen LogP contribution in [0.4, 0.5) is 0 Å². The molecule has 0 unspecified atom stereocenters. The third kappa shape index (κ3) is 3.13. The van der Waals surface area contributed by atoms with Crippen molar-refractivity contribution >= 4 is 11.9 Å². The summed E-state index contributed by atoms with van der Waals surface area (Å²) in [5.41, 5.74) is 8.96. The molecule has 8 rings (SSSR count). The molecule has 2 fully saturated rings. The number of hydrogen-bond donors (Lipinski definition) is 1. The van der Waals surface area contributed by atoms with E-state index in [0.29, 0.717) is 29.9 Å². The number of rotatable bonds is 5. The summed E-state index contributed by atoms with van der Waals surface area (Å²) in [5.74, 6) is 2.30. The number of aryl methyl sites for hydroxylation is 1. The Morgan fingerprint density at radius 1 is 1.12 bits per heavy atom. The molecule has 0 radical (unpaired) electrons. The lowest BCUT2D eigenvalue weighted by molar-refractivity contribution is -0.280. The van der Waals surface area contributed by atoms with Gasteiger partial charge in [0.25, 0.3) is 0 Å². The zero-order valence-electron chi connectivity index (χ0n) is 25.9. The van der Waals surface area contributed by atoms with Gasteiger partial charge in [-0.25, -0.2) is 4.79 Å². The normalized spacial score (nSPS) is 42.5. The third-order valence-electron chi connectivity index (χ3n) is 12.7. The maximum absolute atomic E-state index is 14.8. The molecular weight excluding hydrogens is 534 g/mol. The van der Waals surface area contributed by atoms with E-state index in [2.05, 4.69) is 69.4 Å². The fourth-order valence-electron chi connectivity index (χ4n) is 11.2. The van der Waals surface area contributed by atoms with Crippen molar-refractivity contribution in [1.82, 2.24) is 0 Å². The largest absolute Gasteiger partial charge is 0.449 e. The molecule has 43 heavy (non-hydrogen) atoms. The molecular formula is C38H45NO4. The SMILES string of the molecule is CCCC=C1OC(=O)[C@@]23C4=C5CC[C@@]12[C@@]1(OC(=O)c2c(CCCN)cccc21)[C@H]3C[C@@H](C)C=C[C@@H]4C[C@@H]1[C@@H]5C=CC[C@@H]1C. The van der Waals surface area contributed by atoms with Gasteiger partial charge in [0.05, 0.1) is 11.0 Å². The van der Waals surface area contributed by atoms with Gasteiger partial charge in [-0.05, 0) is 98.8 Å². The van der Waals surface area contributed by atoms with Crippen molar-refractivity contribution in [3.8, 4) is 0 Å². The molecule has 2 spiro atoms. The number of cyclic esters (lactones) is 1. The number of carbonyl (C=O) groups excluding carboxylic acids is 2. The van der Waals surface area contributed by atoms with Crippen LogP contribution < -0.4 is 5.73 Å². The number of carbonyl (C=O) groups is 2. The smallest absolute Gasteiger partial charge is 0.339 e. The molecule has 1 aromatic rings. The van der Waals surface area contributed by atoms with Crippen LogP contribution in [0.1, 0.15) is 93.6 Å². The Bertz CT molecular complexity index is 1530. The van der Waals surface area contributed by atoms with Crippen LogP contribution in [-0.4, -0.2) is 18.5 Å². The second-order valence-electron chi connectivity index (χ2n) is 14.6. The average molecular weight is 580 g/mol. The molecule has 0 bridgehead atoms. The number of hydrogen-bond acceptors (Lipinski definition) is 5. The Kier molecular flexibility index (Phi) is 6.13. The van der Waals surface area contributed by atoms with Crippen LogP contribution in [0.25, 0.3) is 0 Å². The third-order valence-corrected chi connectivity index (χ3v) is 12.7. The Morgan fingerprint density at radius 2 is 1.98 bits per heavy atom. The van der Waals surface area contributed by atoms with Crippen LogP contribution in [0.3, 0.4) is 0 Å². The van der Waals surface area contributed by atoms with Gasteiger partial charge in [0.15, 0.2) is 5.60 Å². The lowest BCUT2D eigenvalue weighted by Gasteiger charge is -2.72. The summed E-state index contributed by atoms with van der Waals surface area (Å²) in [6, 6.07) is 6.26. The van der Waals surface area contributed by atoms with Gasteiger partial charge in [-0.3, -0.25) is 4.79 Å². The number of fused-ring (bicyclic) bond motifs is 5. The molecule has 0 amide bonds. The van der Waals surface area contributed by atoms with Crippen molar-refractivity contribution in [1.29, 1.82) is 0 Å². The van der Waals surface area contributed by atoms with Crippen LogP contribution in [0, 0.1) is 46.3 Å². The zero-order valence-corrected chi connectivity index (χ0v) is 25.9. The summed E-state index contributed by atoms with van der Waals surface area (Å²) in [6.45, 7) is 7.40. The van der Waals surface area contributed by atoms with Crippen molar-refractivity contribution in [2.75, 3.05) is 6.54 Å². The first kappa shape index (κ1) is 27.6. The van der Waals surface area contributed by atoms with Crippen molar-refractivity contribution in [2.45, 2.75) is 84.2 Å². The summed E-state index contributed by atoms with van der Waals surface area (Å²) in [4.78, 5) is 28.9. The number of benzene rings is 1. The summed E-state index contributed by atoms with van der Waals surface area (Å²) < 4.78 is 13.4. The second-order valence-corrected chi connectivity index (χ2v) is 14.6. The van der Waals surface area contributed by atoms with E-state index < -0.39 is 16.4 Å². The van der Waals surface area contributed by atoms with E-state index in [-0.39, 0.29) is 29.7 Å². The first-order chi connectivity index (χ1) is 20.9. The fraction of sp³-hybridized carbons (Fsp3) is 0.579. The first-order valence-corrected chi connectivity index (χ1v) is 16.9. The summed E-state index contributed by atoms with van der Waals surface area (Å²) in [7, 11) is 0. The molecule has 1 saturated heterocycles. The van der Waals surface area contributed by atoms with E-state index in [1.165, 1.54) is 11.1 Å². The number of ether oxygens (including phenoxy) is 2. The number of allylic oxidation sites excluding steroid dienone is 6. The van der Waals surface area contributed by atoms with Crippen LogP contribution in [-0.2, 0) is 26.3 Å². The van der Waals surface area contributed by atoms with Gasteiger partial charge in [-0.1, -0.05) is 75.3 Å². The van der Waals surface area contributed by atoms with Crippen molar-refractivity contribution in [2.24, 2.45) is 52.1 Å². The van der Waals surface area contributed by atoms with Crippen molar-refractivity contribution < 1.29 is 19.1 Å². The highest BCUT2D eigenvalue weighted by Gasteiger charge is 2.93. The molecule has 1 saturated carbocycles. The zero-order chi connectivity index (χ0) is 29.7. The van der Waals surface area contributed by atoms with Gasteiger partial charge in [0.2, 0.25) is 0 Å². The van der Waals surface area contributed by atoms with E-state index in [4.69, 9.17) is 15.2 Å². The molecule has 5 heteroatoms. The van der Waals surface area contributed by atoms with Crippen molar-refractivity contribution in [3.05, 3.63) is 82.2 Å². The highest BCUT2D eigenvalue weighted by Crippen LogP contribution is 2.87. The predicted octanol–water partition coefficient (Wildman–Crippen LogP) is 7.32. The fourth-order valence-corrected chi connectivity index (χ4v) is 11.2. The maximum Gasteiger partial charge on any atom is 0.339 e. The van der Waals surface area contributed by atoms with Gasteiger partial charge < -0.3 is 15.2 Å². The van der Waals surface area contributed by atoms with Gasteiger partial charge >= 0.3 is 11.9 Å². The van der Waals surface area contributed by atoms with E-state index in [0.717, 1.165) is 74.7 Å². The van der Waals surface area contributed by atoms with Gasteiger partial charge in [0.1, 0.15) is 11.2 Å². The monoisotopic (exact) mass is 579 g/mol. The Labute approximate surface area is 255 Å². The summed E-state index contributed by atoms with van der Waals surface area (Å²) in [6.07, 6.45) is 19.8. The van der Waals surface area contributed by atoms with Gasteiger partial charge in [-0.15, -0.1) is 0 Å². The summed E-state index contributed by atoms with van der Waals surface area (Å²) in [5, 5.41) is 0. The first-order valence-electron chi connectivity index (χ1n) is 16.9. The molecule has 1 aromatic carbocycles. The van der Waals surface area contributed by atoms with Crippen LogP contribution in [0.5, 0.6) is 0 Å². The minimum Gasteiger partial charge on any atom is -0.449 e. The molecule has 226 valence electrons. The van der Waals surface area contributed by atoms with E-state index in [1.807, 2.05) is 0 Å². The minimum atomic E-state index is -0.918. The highest BCUT2D eigenvalue weighted by atomic mass is 16.6.